The number of rotatable bonds is 3. The normalized spacial score (nSPS) is 11.2. The van der Waals surface area contributed by atoms with Crippen LogP contribution >= 0.6 is 0 Å². The van der Waals surface area contributed by atoms with Crippen molar-refractivity contribution in [3.63, 3.8) is 0 Å². The third kappa shape index (κ3) is 2.29. The number of nitrogens with one attached hydrogen (secondary N) is 1. The lowest BCUT2D eigenvalue weighted by atomic mass is 10.2. The zero-order valence-corrected chi connectivity index (χ0v) is 14.1. The molecule has 1 amide bonds. The fourth-order valence-electron chi connectivity index (χ4n) is 2.82. The second-order valence-electron chi connectivity index (χ2n) is 5.83. The third-order valence-corrected chi connectivity index (χ3v) is 4.26. The van der Waals surface area contributed by atoms with E-state index in [9.17, 15) is 9.59 Å². The summed E-state index contributed by atoms with van der Waals surface area (Å²) in [6, 6.07) is 9.01. The minimum absolute atomic E-state index is 0.0416. The smallest absolute Gasteiger partial charge is 0.332 e. The van der Waals surface area contributed by atoms with Crippen molar-refractivity contribution in [2.75, 3.05) is 0 Å². The van der Waals surface area contributed by atoms with Gasteiger partial charge in [0.1, 0.15) is 5.52 Å². The molecule has 0 saturated carbocycles. The predicted molar refractivity (Wildman–Crippen MR) is 94.9 cm³/mol. The summed E-state index contributed by atoms with van der Waals surface area (Å²) in [6.07, 6.45) is 1.61. The van der Waals surface area contributed by atoms with E-state index in [2.05, 4.69) is 20.1 Å². The van der Waals surface area contributed by atoms with Crippen LogP contribution in [0.3, 0.4) is 0 Å². The second-order valence-corrected chi connectivity index (χ2v) is 5.83. The van der Waals surface area contributed by atoms with E-state index in [1.807, 2.05) is 25.1 Å². The monoisotopic (exact) mass is 349 g/mol. The Labute approximate surface area is 147 Å². The molecule has 0 radical (unpaired) electrons. The van der Waals surface area contributed by atoms with Crippen LogP contribution in [-0.4, -0.2) is 35.2 Å². The summed E-state index contributed by atoms with van der Waals surface area (Å²) in [5.74, 6) is -0.470. The molecule has 0 aliphatic carbocycles. The number of aromatic nitrogens is 6. The average molecular weight is 349 g/mol. The van der Waals surface area contributed by atoms with Crippen molar-refractivity contribution in [2.45, 2.75) is 6.92 Å². The highest BCUT2D eigenvalue weighted by Crippen LogP contribution is 2.23. The summed E-state index contributed by atoms with van der Waals surface area (Å²) in [6.45, 7) is 1.86. The number of amides is 1. The van der Waals surface area contributed by atoms with Crippen molar-refractivity contribution < 1.29 is 4.79 Å². The summed E-state index contributed by atoms with van der Waals surface area (Å²) >= 11 is 0. The van der Waals surface area contributed by atoms with E-state index in [4.69, 9.17) is 5.73 Å². The summed E-state index contributed by atoms with van der Waals surface area (Å²) in [4.78, 5) is 35.9. The van der Waals surface area contributed by atoms with Crippen molar-refractivity contribution in [3.05, 3.63) is 58.4 Å². The lowest BCUT2D eigenvalue weighted by molar-refractivity contribution is 0.0997. The fourth-order valence-corrected chi connectivity index (χ4v) is 2.82. The first kappa shape index (κ1) is 15.8. The van der Waals surface area contributed by atoms with Gasteiger partial charge in [-0.2, -0.15) is 5.10 Å². The quantitative estimate of drug-likeness (QED) is 0.569. The van der Waals surface area contributed by atoms with Gasteiger partial charge in [-0.05, 0) is 19.1 Å². The van der Waals surface area contributed by atoms with Crippen LogP contribution in [0.5, 0.6) is 0 Å². The summed E-state index contributed by atoms with van der Waals surface area (Å²) in [7, 11) is 1.79. The van der Waals surface area contributed by atoms with Crippen LogP contribution in [-0.2, 0) is 7.05 Å². The van der Waals surface area contributed by atoms with Gasteiger partial charge in [0.2, 0.25) is 0 Å². The van der Waals surface area contributed by atoms with Crippen LogP contribution in [0.2, 0.25) is 0 Å². The van der Waals surface area contributed by atoms with Crippen LogP contribution in [0.4, 0.5) is 0 Å². The number of aryl methyl sites for hydroxylation is 1. The van der Waals surface area contributed by atoms with Gasteiger partial charge in [-0.15, -0.1) is 0 Å². The van der Waals surface area contributed by atoms with E-state index in [0.29, 0.717) is 11.3 Å². The van der Waals surface area contributed by atoms with Crippen LogP contribution in [0.1, 0.15) is 16.2 Å². The van der Waals surface area contributed by atoms with E-state index in [1.165, 1.54) is 4.57 Å². The molecule has 0 aliphatic rings. The van der Waals surface area contributed by atoms with Crippen LogP contribution in [0, 0.1) is 6.92 Å². The maximum absolute atomic E-state index is 12.5. The number of nitrogens with zero attached hydrogens (tertiary/aromatic N) is 5. The van der Waals surface area contributed by atoms with E-state index in [-0.39, 0.29) is 22.7 Å². The minimum atomic E-state index is -0.748. The van der Waals surface area contributed by atoms with Crippen LogP contribution < -0.4 is 11.4 Å². The molecule has 0 saturated heterocycles. The van der Waals surface area contributed by atoms with Crippen LogP contribution in [0.15, 0.2) is 41.3 Å². The zero-order valence-electron chi connectivity index (χ0n) is 14.1. The molecule has 4 rings (SSSR count). The number of hydrogen-bond donors (Lipinski definition) is 2. The Morgan fingerprint density at radius 1 is 1.19 bits per heavy atom. The van der Waals surface area contributed by atoms with Crippen LogP contribution in [0.25, 0.3) is 28.2 Å². The van der Waals surface area contributed by atoms with E-state index in [1.54, 1.807) is 30.1 Å². The Kier molecular flexibility index (Phi) is 3.43. The molecule has 0 spiro atoms. The highest BCUT2D eigenvalue weighted by molar-refractivity contribution is 6.02. The number of carbonyl (C=O) groups excluding carboxylic acids is 1. The van der Waals surface area contributed by atoms with Gasteiger partial charge >= 0.3 is 5.69 Å². The van der Waals surface area contributed by atoms with Gasteiger partial charge < -0.3 is 10.7 Å². The highest BCUT2D eigenvalue weighted by Gasteiger charge is 2.21. The van der Waals surface area contributed by atoms with Gasteiger partial charge in [0.15, 0.2) is 17.2 Å². The predicted octanol–water partition coefficient (Wildman–Crippen LogP) is 0.917. The first-order valence-corrected chi connectivity index (χ1v) is 7.84. The molecule has 3 heterocycles. The second kappa shape index (κ2) is 5.66. The van der Waals surface area contributed by atoms with Gasteiger partial charge in [0.05, 0.1) is 17.4 Å². The highest BCUT2D eigenvalue weighted by atomic mass is 16.2. The zero-order chi connectivity index (χ0) is 18.4. The van der Waals surface area contributed by atoms with Crippen molar-refractivity contribution in [1.82, 2.24) is 29.3 Å². The molecule has 26 heavy (non-hydrogen) atoms. The Morgan fingerprint density at radius 2 is 1.92 bits per heavy atom. The number of aromatic amines is 1. The van der Waals surface area contributed by atoms with Gasteiger partial charge in [0.25, 0.3) is 5.91 Å². The number of para-hydroxylation sites is 1. The SMILES string of the molecule is Cc1c(-c2nc(C(N)=O)c3[nH]c(=O)n(-c4ccccc4)c3n2)cnn1C. The molecule has 0 unspecified atom stereocenters. The van der Waals surface area contributed by atoms with E-state index in [0.717, 1.165) is 5.69 Å². The van der Waals surface area contributed by atoms with Crippen molar-refractivity contribution in [1.29, 1.82) is 0 Å². The van der Waals surface area contributed by atoms with E-state index >= 15 is 0 Å². The topological polar surface area (TPSA) is 124 Å². The van der Waals surface area contributed by atoms with Gasteiger partial charge in [-0.3, -0.25) is 9.48 Å². The number of benzene rings is 1. The maximum atomic E-state index is 12.5. The summed E-state index contributed by atoms with van der Waals surface area (Å²) < 4.78 is 3.06. The number of H-pyrrole nitrogens is 1. The maximum Gasteiger partial charge on any atom is 0.332 e. The molecule has 0 aliphatic heterocycles. The lowest BCUT2D eigenvalue weighted by Gasteiger charge is -2.06. The molecule has 0 fully saturated rings. The Morgan fingerprint density at radius 3 is 2.54 bits per heavy atom. The molecular formula is C17H15N7O2. The molecular weight excluding hydrogens is 334 g/mol. The number of carbonyl (C=O) groups is 1. The standard InChI is InChI=1S/C17H15N7O2/c1-9-11(8-19-23(9)2)15-20-12(14(18)25)13-16(22-15)24(17(26)21-13)10-6-4-3-5-7-10/h3-8H,1-2H3,(H2,18,25)(H,21,26). The summed E-state index contributed by atoms with van der Waals surface area (Å²) in [5.41, 5.74) is 7.60. The Bertz CT molecular complexity index is 1200. The molecule has 0 atom stereocenters. The number of fused-ring (bicyclic) bond motifs is 1. The van der Waals surface area contributed by atoms with Crippen molar-refractivity contribution in [2.24, 2.45) is 12.8 Å². The van der Waals surface area contributed by atoms with E-state index < -0.39 is 11.6 Å². The third-order valence-electron chi connectivity index (χ3n) is 4.26. The molecule has 9 heteroatoms. The fraction of sp³-hybridized carbons (Fsp3) is 0.118. The Hall–Kier alpha value is -3.75. The Balaban J connectivity index is 2.10. The van der Waals surface area contributed by atoms with Gasteiger partial charge in [0, 0.05) is 12.7 Å². The van der Waals surface area contributed by atoms with Gasteiger partial charge in [-0.1, -0.05) is 18.2 Å². The molecule has 0 bridgehead atoms. The molecule has 4 aromatic rings. The van der Waals surface area contributed by atoms with Gasteiger partial charge in [-0.25, -0.2) is 19.3 Å². The number of hydrogen-bond acceptors (Lipinski definition) is 5. The molecule has 3 aromatic heterocycles. The largest absolute Gasteiger partial charge is 0.364 e. The first-order valence-electron chi connectivity index (χ1n) is 7.84. The number of nitrogens with two attached hydrogens (primary N) is 1. The number of imidazole rings is 1. The summed E-state index contributed by atoms with van der Waals surface area (Å²) in [5, 5.41) is 4.18. The minimum Gasteiger partial charge on any atom is -0.364 e. The molecule has 1 aromatic carbocycles. The molecule has 9 nitrogen and oxygen atoms in total. The van der Waals surface area contributed by atoms with Crippen molar-refractivity contribution >= 4 is 17.1 Å². The lowest BCUT2D eigenvalue weighted by Crippen LogP contribution is -2.15. The van der Waals surface area contributed by atoms with Crippen molar-refractivity contribution in [3.8, 4) is 17.1 Å². The molecule has 3 N–H and O–H groups in total. The first-order chi connectivity index (χ1) is 12.5. The molecule has 130 valence electrons. The number of primary amides is 1. The average Bonchev–Trinajstić information content (AvgIpc) is 3.13.